The molecule has 18 heteroatoms. The van der Waals surface area contributed by atoms with E-state index in [9.17, 15) is 53.1 Å². The van der Waals surface area contributed by atoms with Crippen LogP contribution in [0.3, 0.4) is 0 Å². The predicted octanol–water partition coefficient (Wildman–Crippen LogP) is 12.0. The van der Waals surface area contributed by atoms with Crippen molar-refractivity contribution in [1.29, 1.82) is 0 Å². The number of benzene rings is 1. The molecule has 0 amide bonds. The highest BCUT2D eigenvalue weighted by Gasteiger charge is 2.90. The van der Waals surface area contributed by atoms with Gasteiger partial charge in [-0.15, -0.1) is 0 Å². The van der Waals surface area contributed by atoms with Crippen LogP contribution >= 0.6 is 0 Å². The Balaban J connectivity index is 1.80. The lowest BCUT2D eigenvalue weighted by molar-refractivity contribution is -0.440. The minimum Gasteiger partial charge on any atom is -0.409 e. The molecule has 3 heterocycles. The van der Waals surface area contributed by atoms with Crippen LogP contribution in [-0.4, -0.2) is 53.7 Å². The molecule has 0 bridgehead atoms. The number of halogens is 13. The summed E-state index contributed by atoms with van der Waals surface area (Å²) < 4.78 is 190. The van der Waals surface area contributed by atoms with Crippen molar-refractivity contribution in [3.05, 3.63) is 62.9 Å². The van der Waals surface area contributed by atoms with Gasteiger partial charge < -0.3 is 8.99 Å². The summed E-state index contributed by atoms with van der Waals surface area (Å²) in [6.07, 6.45) is -11.0. The van der Waals surface area contributed by atoms with E-state index < -0.39 is 84.7 Å². The van der Waals surface area contributed by atoms with E-state index in [0.717, 1.165) is 16.5 Å². The van der Waals surface area contributed by atoms with E-state index in [0.29, 0.717) is 16.9 Å². The fraction of sp³-hybridized carbons (Fsp3) is 0.611. The van der Waals surface area contributed by atoms with Crippen LogP contribution in [0.5, 0.6) is 0 Å². The molecule has 1 aliphatic rings. The third-order valence-electron chi connectivity index (χ3n) is 10.4. The van der Waals surface area contributed by atoms with Crippen LogP contribution in [0.15, 0.2) is 35.1 Å². The van der Waals surface area contributed by atoms with Crippen LogP contribution < -0.4 is 5.56 Å². The molecule has 0 saturated heterocycles. The number of pyridine rings is 2. The number of hydrogen-bond acceptors (Lipinski definition) is 3. The van der Waals surface area contributed by atoms with Gasteiger partial charge in [-0.3, -0.25) is 4.79 Å². The molecule has 1 atom stereocenters. The molecule has 0 radical (unpaired) electrons. The zero-order valence-corrected chi connectivity index (χ0v) is 31.9. The number of rotatable bonds is 12. The summed E-state index contributed by atoms with van der Waals surface area (Å²) >= 11 is 0. The van der Waals surface area contributed by atoms with Gasteiger partial charge in [0.1, 0.15) is 0 Å². The Hall–Kier alpha value is -3.15. The molecule has 302 valence electrons. The summed E-state index contributed by atoms with van der Waals surface area (Å²) in [4.78, 5) is 18.7. The molecule has 0 spiro atoms. The first kappa shape index (κ1) is 43.6. The Bertz CT molecular complexity index is 1960. The van der Waals surface area contributed by atoms with Gasteiger partial charge in [-0.2, -0.15) is 57.1 Å². The van der Waals surface area contributed by atoms with Crippen LogP contribution in [0.25, 0.3) is 22.3 Å². The minimum atomic E-state index is -7.97. The second kappa shape index (κ2) is 13.5. The Kier molecular flexibility index (Phi) is 10.9. The fourth-order valence-corrected chi connectivity index (χ4v) is 11.8. The van der Waals surface area contributed by atoms with Gasteiger partial charge >= 0.3 is 35.8 Å². The Morgan fingerprint density at radius 2 is 1.31 bits per heavy atom. The molecule has 1 aliphatic heterocycles. The lowest BCUT2D eigenvalue weighted by atomic mass is 9.83. The number of hydrogen-bond donors (Lipinski definition) is 0. The zero-order chi connectivity index (χ0) is 41.6. The second-order valence-corrected chi connectivity index (χ2v) is 20.8. The summed E-state index contributed by atoms with van der Waals surface area (Å²) in [5.74, 6) is -37.3. The van der Waals surface area contributed by atoms with Crippen LogP contribution in [0.1, 0.15) is 83.2 Å². The Morgan fingerprint density at radius 3 is 1.81 bits per heavy atom. The van der Waals surface area contributed by atoms with Crippen molar-refractivity contribution in [3.8, 4) is 11.4 Å². The normalized spacial score (nSPS) is 15.7. The van der Waals surface area contributed by atoms with Gasteiger partial charge in [0.05, 0.1) is 29.6 Å². The molecular weight excluding hydrogens is 767 g/mol. The van der Waals surface area contributed by atoms with E-state index in [-0.39, 0.29) is 17.7 Å². The number of nitrogens with zero attached hydrogens (tertiary/aromatic N) is 2. The third-order valence-corrected chi connectivity index (χ3v) is 16.0. The maximum atomic E-state index is 15.2. The van der Waals surface area contributed by atoms with Crippen LogP contribution in [0.4, 0.5) is 57.1 Å². The van der Waals surface area contributed by atoms with E-state index in [1.54, 1.807) is 26.8 Å². The van der Waals surface area contributed by atoms with Crippen molar-refractivity contribution in [2.24, 2.45) is 5.41 Å². The highest BCUT2D eigenvalue weighted by Crippen LogP contribution is 2.61. The van der Waals surface area contributed by atoms with E-state index >= 15 is 8.78 Å². The highest BCUT2D eigenvalue weighted by molar-refractivity contribution is 6.76. The maximum Gasteiger partial charge on any atom is 0.460 e. The Labute approximate surface area is 304 Å². The lowest BCUT2D eigenvalue weighted by Gasteiger charge is -2.46. The average Bonchev–Trinajstić information content (AvgIpc) is 3.37. The molecule has 0 aliphatic carbocycles. The van der Waals surface area contributed by atoms with Gasteiger partial charge in [0.25, 0.3) is 5.56 Å². The molecule has 0 fully saturated rings. The zero-order valence-electron chi connectivity index (χ0n) is 30.9. The summed E-state index contributed by atoms with van der Waals surface area (Å²) in [5, 5.41) is 0.838. The minimum absolute atomic E-state index is 0.182. The van der Waals surface area contributed by atoms with Gasteiger partial charge in [0.15, 0.2) is 8.32 Å². The van der Waals surface area contributed by atoms with Gasteiger partial charge in [-0.05, 0) is 66.2 Å². The third kappa shape index (κ3) is 6.74. The van der Waals surface area contributed by atoms with Crippen molar-refractivity contribution in [3.63, 3.8) is 0 Å². The number of fused-ring (bicyclic) bond motifs is 4. The summed E-state index contributed by atoms with van der Waals surface area (Å²) in [7, 11) is -4.04. The molecule has 3 aromatic rings. The number of aromatic nitrogens is 2. The first-order valence-electron chi connectivity index (χ1n) is 17.0. The highest BCUT2D eigenvalue weighted by atomic mass is 28.4. The SMILES string of the molecule is Cc1ccc2nc3c(cc2c1)Cn1c-3cc(C(O[Si](CCC(F)(F)C(F)(F)C(F)(F)C(F)(F)C(F)(F)C(F)(F)F)(C(C)C)C(C)C)C(C)(C)C)c(C)c1=O. The number of alkyl halides is 13. The van der Waals surface area contributed by atoms with Gasteiger partial charge in [0.2, 0.25) is 0 Å². The molecule has 4 nitrogen and oxygen atoms in total. The molecule has 1 unspecified atom stereocenters. The second-order valence-electron chi connectivity index (χ2n) is 15.8. The molecule has 1 aromatic carbocycles. The maximum absolute atomic E-state index is 15.2. The van der Waals surface area contributed by atoms with E-state index in [1.807, 2.05) is 31.2 Å². The van der Waals surface area contributed by atoms with Crippen molar-refractivity contribution in [2.75, 3.05) is 0 Å². The quantitative estimate of drug-likeness (QED) is 0.106. The largest absolute Gasteiger partial charge is 0.460 e. The standard InChI is InChI=1S/C36H41F13N2O2Si/c1-18(2)54(19(3)4,13-12-31(37,38)32(39,40)33(41,42)34(43,44)35(45,46)36(47,48)49)53-28(30(7,8)9)24-16-26-27-23(17-51(26)29(52)21(24)6)15-22-14-20(5)10-11-25(22)50-27/h10-11,14-16,18-19,28H,12-13,17H2,1-9H3. The predicted molar refractivity (Wildman–Crippen MR) is 179 cm³/mol. The van der Waals surface area contributed by atoms with Crippen molar-refractivity contribution < 1.29 is 61.5 Å². The molecule has 54 heavy (non-hydrogen) atoms. The van der Waals surface area contributed by atoms with Crippen molar-refractivity contribution >= 4 is 19.2 Å². The molecule has 0 saturated carbocycles. The van der Waals surface area contributed by atoms with E-state index in [4.69, 9.17) is 9.41 Å². The average molecular weight is 809 g/mol. The molecule has 2 aromatic heterocycles. The molecular formula is C36H41F13N2O2Si. The smallest absolute Gasteiger partial charge is 0.409 e. The number of aryl methyl sites for hydroxylation is 1. The van der Waals surface area contributed by atoms with Crippen LogP contribution in [-0.2, 0) is 11.0 Å². The van der Waals surface area contributed by atoms with Gasteiger partial charge in [0, 0.05) is 22.9 Å². The lowest BCUT2D eigenvalue weighted by Crippen LogP contribution is -2.70. The first-order chi connectivity index (χ1) is 24.2. The molecule has 4 rings (SSSR count). The summed E-state index contributed by atoms with van der Waals surface area (Å²) in [6, 6.07) is 8.01. The van der Waals surface area contributed by atoms with E-state index in [1.165, 1.54) is 39.2 Å². The van der Waals surface area contributed by atoms with Gasteiger partial charge in [-0.1, -0.05) is 60.1 Å². The Morgan fingerprint density at radius 1 is 0.778 bits per heavy atom. The summed E-state index contributed by atoms with van der Waals surface area (Å²) in [6.45, 7) is 14.5. The van der Waals surface area contributed by atoms with Crippen molar-refractivity contribution in [1.82, 2.24) is 9.55 Å². The summed E-state index contributed by atoms with van der Waals surface area (Å²) in [5.41, 5.74) is 0.753. The first-order valence-corrected chi connectivity index (χ1v) is 19.2. The van der Waals surface area contributed by atoms with Crippen LogP contribution in [0, 0.1) is 19.3 Å². The fourth-order valence-electron chi connectivity index (χ4n) is 7.06. The van der Waals surface area contributed by atoms with Gasteiger partial charge in [-0.25, -0.2) is 4.98 Å². The topological polar surface area (TPSA) is 44.1 Å². The van der Waals surface area contributed by atoms with E-state index in [2.05, 4.69) is 0 Å². The molecule has 0 N–H and O–H groups in total. The van der Waals surface area contributed by atoms with Crippen LogP contribution in [0.2, 0.25) is 17.1 Å². The van der Waals surface area contributed by atoms with Crippen molar-refractivity contribution in [2.45, 2.75) is 134 Å². The monoisotopic (exact) mass is 808 g/mol.